The number of benzene rings is 3. The highest BCUT2D eigenvalue weighted by atomic mass is 16.5. The Hall–Kier alpha value is -3.46. The monoisotopic (exact) mass is 533 g/mol. The van der Waals surface area contributed by atoms with Gasteiger partial charge in [-0.3, -0.25) is 9.59 Å². The number of carbonyl (C=O) groups is 2. The fourth-order valence-electron chi connectivity index (χ4n) is 5.10. The molecular formula is C31H39N3O5. The molecule has 3 aromatic rings. The van der Waals surface area contributed by atoms with Crippen LogP contribution >= 0.6 is 0 Å². The van der Waals surface area contributed by atoms with E-state index in [1.807, 2.05) is 66.7 Å². The molecule has 0 aliphatic carbocycles. The molecule has 1 fully saturated rings. The number of ether oxygens (including phenoxy) is 1. The standard InChI is InChI=1S/C31H39N3O5/c1-21(33-19-25(35)20-39-28-11-6-9-22-8-3-4-10-26(22)28)7-2-5-12-29(36)34-24-15-13-23(14-16-24)27-17-18-32-30(27)31(37)38/h3-4,6,8-11,13-16,21,25,27,30,32-33,35H,2,5,7,12,17-20H2,1H3,(H,34,36)(H,37,38). The zero-order chi connectivity index (χ0) is 27.6. The summed E-state index contributed by atoms with van der Waals surface area (Å²) in [5.41, 5.74) is 1.69. The van der Waals surface area contributed by atoms with E-state index >= 15 is 0 Å². The van der Waals surface area contributed by atoms with E-state index in [4.69, 9.17) is 4.74 Å². The van der Waals surface area contributed by atoms with Gasteiger partial charge in [0.25, 0.3) is 0 Å². The topological polar surface area (TPSA) is 120 Å². The SMILES string of the molecule is CC(CCCCC(=O)Nc1ccc(C2CCNC2C(=O)O)cc1)NCC(O)COc1cccc2ccccc12. The van der Waals surface area contributed by atoms with Crippen LogP contribution in [0.4, 0.5) is 5.69 Å². The maximum absolute atomic E-state index is 12.4. The summed E-state index contributed by atoms with van der Waals surface area (Å²) in [6.45, 7) is 3.42. The minimum Gasteiger partial charge on any atom is -0.490 e. The molecule has 4 unspecified atom stereocenters. The van der Waals surface area contributed by atoms with Crippen molar-refractivity contribution in [3.8, 4) is 5.75 Å². The quantitative estimate of drug-likeness (QED) is 0.196. The van der Waals surface area contributed by atoms with Crippen molar-refractivity contribution in [1.29, 1.82) is 0 Å². The van der Waals surface area contributed by atoms with Crippen LogP contribution in [0.1, 0.15) is 50.5 Å². The molecule has 1 heterocycles. The molecule has 39 heavy (non-hydrogen) atoms. The summed E-state index contributed by atoms with van der Waals surface area (Å²) in [7, 11) is 0. The summed E-state index contributed by atoms with van der Waals surface area (Å²) in [6, 6.07) is 21.1. The van der Waals surface area contributed by atoms with Crippen LogP contribution in [0.3, 0.4) is 0 Å². The van der Waals surface area contributed by atoms with Gasteiger partial charge < -0.3 is 30.9 Å². The number of aliphatic hydroxyl groups excluding tert-OH is 1. The van der Waals surface area contributed by atoms with Crippen LogP contribution in [0.2, 0.25) is 0 Å². The molecular weight excluding hydrogens is 494 g/mol. The van der Waals surface area contributed by atoms with Crippen LogP contribution in [0.25, 0.3) is 10.8 Å². The lowest BCUT2D eigenvalue weighted by Crippen LogP contribution is -2.36. The summed E-state index contributed by atoms with van der Waals surface area (Å²) in [4.78, 5) is 23.8. The third-order valence-electron chi connectivity index (χ3n) is 7.28. The first kappa shape index (κ1) is 28.5. The number of aliphatic hydroxyl groups is 1. The second-order valence-corrected chi connectivity index (χ2v) is 10.3. The van der Waals surface area contributed by atoms with Crippen LogP contribution in [0, 0.1) is 0 Å². The van der Waals surface area contributed by atoms with Crippen molar-refractivity contribution in [3.05, 3.63) is 72.3 Å². The lowest BCUT2D eigenvalue weighted by atomic mass is 9.92. The van der Waals surface area contributed by atoms with Gasteiger partial charge >= 0.3 is 5.97 Å². The Morgan fingerprint density at radius 3 is 2.62 bits per heavy atom. The molecule has 0 radical (unpaired) electrons. The number of carboxylic acid groups (broad SMARTS) is 1. The number of amides is 1. The number of anilines is 1. The number of hydrogen-bond donors (Lipinski definition) is 5. The minimum atomic E-state index is -0.832. The van der Waals surface area contributed by atoms with E-state index < -0.39 is 18.1 Å². The summed E-state index contributed by atoms with van der Waals surface area (Å²) in [5.74, 6) is -0.148. The average Bonchev–Trinajstić information content (AvgIpc) is 3.44. The number of aliphatic carboxylic acids is 1. The molecule has 0 spiro atoms. The molecule has 1 aliphatic rings. The van der Waals surface area contributed by atoms with Crippen molar-refractivity contribution in [1.82, 2.24) is 10.6 Å². The van der Waals surface area contributed by atoms with E-state index in [-0.39, 0.29) is 24.5 Å². The number of nitrogens with one attached hydrogen (secondary N) is 3. The van der Waals surface area contributed by atoms with Crippen LogP contribution in [0.5, 0.6) is 5.75 Å². The number of fused-ring (bicyclic) bond motifs is 1. The van der Waals surface area contributed by atoms with Gasteiger partial charge in [0, 0.05) is 36.0 Å². The van der Waals surface area contributed by atoms with E-state index in [1.54, 1.807) is 0 Å². The molecule has 3 aromatic carbocycles. The van der Waals surface area contributed by atoms with Crippen molar-refractivity contribution < 1.29 is 24.5 Å². The summed E-state index contributed by atoms with van der Waals surface area (Å²) < 4.78 is 5.87. The maximum atomic E-state index is 12.4. The number of rotatable bonds is 14. The Kier molecular flexibility index (Phi) is 10.3. The first-order valence-corrected chi connectivity index (χ1v) is 13.8. The van der Waals surface area contributed by atoms with Crippen LogP contribution < -0.4 is 20.7 Å². The molecule has 1 saturated heterocycles. The predicted molar refractivity (Wildman–Crippen MR) is 153 cm³/mol. The molecule has 5 N–H and O–H groups in total. The smallest absolute Gasteiger partial charge is 0.321 e. The number of unbranched alkanes of at least 4 members (excludes halogenated alkanes) is 1. The van der Waals surface area contributed by atoms with Gasteiger partial charge in [-0.2, -0.15) is 0 Å². The van der Waals surface area contributed by atoms with Crippen molar-refractivity contribution in [3.63, 3.8) is 0 Å². The van der Waals surface area contributed by atoms with Gasteiger partial charge in [-0.1, -0.05) is 55.0 Å². The van der Waals surface area contributed by atoms with E-state index in [0.717, 1.165) is 53.5 Å². The highest BCUT2D eigenvalue weighted by Gasteiger charge is 2.33. The van der Waals surface area contributed by atoms with Crippen molar-refractivity contribution in [2.24, 2.45) is 0 Å². The van der Waals surface area contributed by atoms with E-state index in [2.05, 4.69) is 22.9 Å². The molecule has 1 aliphatic heterocycles. The predicted octanol–water partition coefficient (Wildman–Crippen LogP) is 4.29. The van der Waals surface area contributed by atoms with Gasteiger partial charge in [-0.25, -0.2) is 0 Å². The van der Waals surface area contributed by atoms with Gasteiger partial charge in [0.1, 0.15) is 24.5 Å². The van der Waals surface area contributed by atoms with Gasteiger partial charge in [0.15, 0.2) is 0 Å². The Bertz CT molecular complexity index is 1230. The molecule has 8 heteroatoms. The van der Waals surface area contributed by atoms with Gasteiger partial charge in [0.05, 0.1) is 0 Å². The van der Waals surface area contributed by atoms with Crippen molar-refractivity contribution in [2.45, 2.75) is 63.1 Å². The average molecular weight is 534 g/mol. The minimum absolute atomic E-state index is 0.0321. The highest BCUT2D eigenvalue weighted by Crippen LogP contribution is 2.29. The first-order valence-electron chi connectivity index (χ1n) is 13.8. The molecule has 0 saturated carbocycles. The van der Waals surface area contributed by atoms with Crippen molar-refractivity contribution >= 4 is 28.3 Å². The fourth-order valence-corrected chi connectivity index (χ4v) is 5.10. The highest BCUT2D eigenvalue weighted by molar-refractivity contribution is 5.90. The molecule has 4 atom stereocenters. The van der Waals surface area contributed by atoms with Crippen LogP contribution in [-0.4, -0.2) is 60.0 Å². The van der Waals surface area contributed by atoms with Gasteiger partial charge in [-0.15, -0.1) is 0 Å². The Labute approximate surface area is 229 Å². The summed E-state index contributed by atoms with van der Waals surface area (Å²) in [6.07, 6.45) is 3.17. The number of hydrogen-bond acceptors (Lipinski definition) is 6. The van der Waals surface area contributed by atoms with E-state index in [1.165, 1.54) is 0 Å². The fraction of sp³-hybridized carbons (Fsp3) is 0.419. The molecule has 4 rings (SSSR count). The summed E-state index contributed by atoms with van der Waals surface area (Å²) >= 11 is 0. The van der Waals surface area contributed by atoms with Gasteiger partial charge in [-0.05, 0) is 61.9 Å². The van der Waals surface area contributed by atoms with E-state index in [0.29, 0.717) is 19.5 Å². The normalized spacial score (nSPS) is 18.5. The van der Waals surface area contributed by atoms with Crippen LogP contribution in [0.15, 0.2) is 66.7 Å². The molecule has 208 valence electrons. The zero-order valence-electron chi connectivity index (χ0n) is 22.4. The Morgan fingerprint density at radius 2 is 1.82 bits per heavy atom. The second-order valence-electron chi connectivity index (χ2n) is 10.3. The Balaban J connectivity index is 1.09. The lowest BCUT2D eigenvalue weighted by molar-refractivity contribution is -0.139. The third kappa shape index (κ3) is 8.26. The van der Waals surface area contributed by atoms with Crippen molar-refractivity contribution in [2.75, 3.05) is 25.0 Å². The van der Waals surface area contributed by atoms with Crippen LogP contribution in [-0.2, 0) is 9.59 Å². The summed E-state index contributed by atoms with van der Waals surface area (Å²) in [5, 5.41) is 31.2. The number of carbonyl (C=O) groups excluding carboxylic acids is 1. The number of carboxylic acids is 1. The molecule has 0 aromatic heterocycles. The second kappa shape index (κ2) is 14.1. The molecule has 8 nitrogen and oxygen atoms in total. The maximum Gasteiger partial charge on any atom is 0.321 e. The third-order valence-corrected chi connectivity index (χ3v) is 7.28. The Morgan fingerprint density at radius 1 is 1.05 bits per heavy atom. The lowest BCUT2D eigenvalue weighted by Gasteiger charge is -2.18. The molecule has 0 bridgehead atoms. The van der Waals surface area contributed by atoms with Gasteiger partial charge in [0.2, 0.25) is 5.91 Å². The molecule has 1 amide bonds. The zero-order valence-corrected chi connectivity index (χ0v) is 22.4. The largest absolute Gasteiger partial charge is 0.490 e. The first-order chi connectivity index (χ1) is 18.9. The van der Waals surface area contributed by atoms with E-state index in [9.17, 15) is 19.8 Å².